The Balaban J connectivity index is 1.89. The first kappa shape index (κ1) is 27.3. The third-order valence-corrected chi connectivity index (χ3v) is 8.05. The summed E-state index contributed by atoms with van der Waals surface area (Å²) in [4.78, 5) is 28.1. The van der Waals surface area contributed by atoms with Gasteiger partial charge in [0.15, 0.2) is 0 Å². The lowest BCUT2D eigenvalue weighted by atomic mass is 10.1. The summed E-state index contributed by atoms with van der Waals surface area (Å²) in [6.07, 6.45) is 4.99. The van der Waals surface area contributed by atoms with Crippen molar-refractivity contribution in [2.75, 3.05) is 17.1 Å². The van der Waals surface area contributed by atoms with Gasteiger partial charge in [0, 0.05) is 12.6 Å². The lowest BCUT2D eigenvalue weighted by molar-refractivity contribution is -0.139. The van der Waals surface area contributed by atoms with Crippen molar-refractivity contribution in [2.24, 2.45) is 0 Å². The zero-order chi connectivity index (χ0) is 25.8. The molecule has 35 heavy (non-hydrogen) atoms. The van der Waals surface area contributed by atoms with Crippen LogP contribution < -0.4 is 9.62 Å². The molecule has 1 atom stereocenters. The van der Waals surface area contributed by atoms with E-state index in [1.807, 2.05) is 31.2 Å². The first-order valence-electron chi connectivity index (χ1n) is 11.5. The molecule has 1 unspecified atom stereocenters. The molecule has 0 bridgehead atoms. The fraction of sp³-hybridized carbons (Fsp3) is 0.440. The minimum Gasteiger partial charge on any atom is -0.352 e. The molecule has 7 nitrogen and oxygen atoms in total. The standard InChI is InChI=1S/C25H31Cl2N3O4S/c1-17-7-6-8-19(13-17)15-29(18(2)25(32)28-20-9-4-5-10-20)24(31)16-30(35(3,33)34)21-11-12-22(26)23(27)14-21/h6-8,11-14,18,20H,4-5,9-10,15-16H2,1-3H3,(H,28,32). The van der Waals surface area contributed by atoms with Gasteiger partial charge in [0.25, 0.3) is 0 Å². The van der Waals surface area contributed by atoms with Gasteiger partial charge >= 0.3 is 0 Å². The molecule has 0 saturated heterocycles. The summed E-state index contributed by atoms with van der Waals surface area (Å²) in [5, 5.41) is 3.49. The Morgan fingerprint density at radius 2 is 1.77 bits per heavy atom. The van der Waals surface area contributed by atoms with Crippen molar-refractivity contribution in [2.45, 2.75) is 58.2 Å². The van der Waals surface area contributed by atoms with Crippen molar-refractivity contribution in [3.63, 3.8) is 0 Å². The number of nitrogens with one attached hydrogen (secondary N) is 1. The van der Waals surface area contributed by atoms with Crippen LogP contribution in [0.3, 0.4) is 0 Å². The minimum atomic E-state index is -3.84. The molecule has 0 spiro atoms. The largest absolute Gasteiger partial charge is 0.352 e. The van der Waals surface area contributed by atoms with E-state index in [-0.39, 0.29) is 34.2 Å². The molecule has 1 aliphatic carbocycles. The van der Waals surface area contributed by atoms with Crippen molar-refractivity contribution in [3.05, 3.63) is 63.6 Å². The van der Waals surface area contributed by atoms with E-state index in [4.69, 9.17) is 23.2 Å². The number of amides is 2. The fourth-order valence-corrected chi connectivity index (χ4v) is 5.37. The Morgan fingerprint density at radius 1 is 1.09 bits per heavy atom. The first-order valence-corrected chi connectivity index (χ1v) is 14.1. The molecule has 0 radical (unpaired) electrons. The van der Waals surface area contributed by atoms with Gasteiger partial charge in [-0.1, -0.05) is 65.9 Å². The van der Waals surface area contributed by atoms with Crippen molar-refractivity contribution >= 4 is 50.7 Å². The number of hydrogen-bond acceptors (Lipinski definition) is 4. The van der Waals surface area contributed by atoms with Crippen LogP contribution in [0.1, 0.15) is 43.7 Å². The van der Waals surface area contributed by atoms with Gasteiger partial charge in [-0.25, -0.2) is 8.42 Å². The molecule has 2 aromatic carbocycles. The Kier molecular flexibility index (Phi) is 9.07. The summed E-state index contributed by atoms with van der Waals surface area (Å²) >= 11 is 12.1. The van der Waals surface area contributed by atoms with Gasteiger partial charge < -0.3 is 10.2 Å². The van der Waals surface area contributed by atoms with Gasteiger partial charge in [-0.2, -0.15) is 0 Å². The summed E-state index contributed by atoms with van der Waals surface area (Å²) < 4.78 is 26.2. The van der Waals surface area contributed by atoms with Crippen LogP contribution in [-0.4, -0.2) is 50.0 Å². The van der Waals surface area contributed by atoms with Crippen LogP contribution >= 0.6 is 23.2 Å². The number of aryl methyl sites for hydroxylation is 1. The highest BCUT2D eigenvalue weighted by atomic mass is 35.5. The maximum absolute atomic E-state index is 13.6. The quantitative estimate of drug-likeness (QED) is 0.506. The summed E-state index contributed by atoms with van der Waals surface area (Å²) in [7, 11) is -3.84. The fourth-order valence-electron chi connectivity index (χ4n) is 4.24. The summed E-state index contributed by atoms with van der Waals surface area (Å²) in [5.74, 6) is -0.754. The monoisotopic (exact) mass is 539 g/mol. The highest BCUT2D eigenvalue weighted by molar-refractivity contribution is 7.92. The Bertz CT molecular complexity index is 1180. The molecule has 2 amide bonds. The normalized spacial score (nSPS) is 15.0. The van der Waals surface area contributed by atoms with Gasteiger partial charge in [-0.05, 0) is 50.5 Å². The van der Waals surface area contributed by atoms with E-state index in [1.54, 1.807) is 6.92 Å². The topological polar surface area (TPSA) is 86.8 Å². The van der Waals surface area contributed by atoms with Crippen molar-refractivity contribution in [3.8, 4) is 0 Å². The van der Waals surface area contributed by atoms with E-state index in [0.29, 0.717) is 0 Å². The van der Waals surface area contributed by atoms with Crippen molar-refractivity contribution < 1.29 is 18.0 Å². The third-order valence-electron chi connectivity index (χ3n) is 6.17. The minimum absolute atomic E-state index is 0.101. The average Bonchev–Trinajstić information content (AvgIpc) is 3.29. The lowest BCUT2D eigenvalue weighted by Gasteiger charge is -2.32. The Labute approximate surface area is 217 Å². The van der Waals surface area contributed by atoms with E-state index in [1.165, 1.54) is 23.1 Å². The Hall–Kier alpha value is -2.29. The summed E-state index contributed by atoms with van der Waals surface area (Å²) in [6.45, 7) is 3.30. The molecular formula is C25H31Cl2N3O4S. The van der Waals surface area contributed by atoms with Gasteiger partial charge in [0.1, 0.15) is 12.6 Å². The Morgan fingerprint density at radius 3 is 2.37 bits per heavy atom. The molecule has 190 valence electrons. The first-order chi connectivity index (χ1) is 16.5. The van der Waals surface area contributed by atoms with Crippen molar-refractivity contribution in [1.82, 2.24) is 10.2 Å². The maximum Gasteiger partial charge on any atom is 0.244 e. The van der Waals surface area contributed by atoms with Crippen molar-refractivity contribution in [1.29, 1.82) is 0 Å². The molecule has 1 N–H and O–H groups in total. The van der Waals surface area contributed by atoms with E-state index in [9.17, 15) is 18.0 Å². The molecule has 0 heterocycles. The van der Waals surface area contributed by atoms with Crippen LogP contribution in [0, 0.1) is 6.92 Å². The molecule has 0 aromatic heterocycles. The number of halogens is 2. The molecule has 1 aliphatic rings. The molecule has 3 rings (SSSR count). The van der Waals surface area contributed by atoms with Gasteiger partial charge in [0.2, 0.25) is 21.8 Å². The third kappa shape index (κ3) is 7.35. The van der Waals surface area contributed by atoms with E-state index >= 15 is 0 Å². The number of anilines is 1. The number of nitrogens with zero attached hydrogens (tertiary/aromatic N) is 2. The highest BCUT2D eigenvalue weighted by Gasteiger charge is 2.31. The molecule has 10 heteroatoms. The zero-order valence-electron chi connectivity index (χ0n) is 20.1. The number of hydrogen-bond donors (Lipinski definition) is 1. The van der Waals surface area contributed by atoms with Crippen LogP contribution in [0.25, 0.3) is 0 Å². The number of carbonyl (C=O) groups excluding carboxylic acids is 2. The van der Waals surface area contributed by atoms with Gasteiger partial charge in [-0.3, -0.25) is 13.9 Å². The molecule has 0 aliphatic heterocycles. The molecule has 2 aromatic rings. The van der Waals surface area contributed by atoms with Crippen LogP contribution in [0.4, 0.5) is 5.69 Å². The lowest BCUT2D eigenvalue weighted by Crippen LogP contribution is -2.52. The van der Waals surface area contributed by atoms with E-state index < -0.39 is 28.5 Å². The maximum atomic E-state index is 13.6. The van der Waals surface area contributed by atoms with Crippen LogP contribution in [0.5, 0.6) is 0 Å². The summed E-state index contributed by atoms with van der Waals surface area (Å²) in [6, 6.07) is 11.3. The smallest absolute Gasteiger partial charge is 0.244 e. The number of rotatable bonds is 9. The van der Waals surface area contributed by atoms with E-state index in [0.717, 1.165) is 47.4 Å². The number of benzene rings is 2. The SMILES string of the molecule is Cc1cccc(CN(C(=O)CN(c2ccc(Cl)c(Cl)c2)S(C)(=O)=O)C(C)C(=O)NC2CCCC2)c1. The molecule has 1 saturated carbocycles. The second-order valence-electron chi connectivity index (χ2n) is 9.04. The predicted molar refractivity (Wildman–Crippen MR) is 140 cm³/mol. The molecular weight excluding hydrogens is 509 g/mol. The molecule has 1 fully saturated rings. The van der Waals surface area contributed by atoms with Crippen LogP contribution in [0.15, 0.2) is 42.5 Å². The van der Waals surface area contributed by atoms with Gasteiger partial charge in [-0.15, -0.1) is 0 Å². The zero-order valence-corrected chi connectivity index (χ0v) is 22.5. The second-order valence-corrected chi connectivity index (χ2v) is 11.8. The van der Waals surface area contributed by atoms with Gasteiger partial charge in [0.05, 0.1) is 22.0 Å². The average molecular weight is 541 g/mol. The number of sulfonamides is 1. The second kappa shape index (κ2) is 11.6. The van der Waals surface area contributed by atoms with Crippen LogP contribution in [0.2, 0.25) is 10.0 Å². The van der Waals surface area contributed by atoms with E-state index in [2.05, 4.69) is 5.32 Å². The predicted octanol–water partition coefficient (Wildman–Crippen LogP) is 4.54. The number of carbonyl (C=O) groups is 2. The van der Waals surface area contributed by atoms with Crippen LogP contribution in [-0.2, 0) is 26.2 Å². The highest BCUT2D eigenvalue weighted by Crippen LogP contribution is 2.28. The summed E-state index contributed by atoms with van der Waals surface area (Å²) in [5.41, 5.74) is 2.08.